The molecule has 0 unspecified atom stereocenters. The predicted molar refractivity (Wildman–Crippen MR) is 58.0 cm³/mol. The first-order valence-corrected chi connectivity index (χ1v) is 5.04. The summed E-state index contributed by atoms with van der Waals surface area (Å²) in [4.78, 5) is 21.8. The predicted octanol–water partition coefficient (Wildman–Crippen LogP) is 2.95. The second kappa shape index (κ2) is 4.68. The highest BCUT2D eigenvalue weighted by molar-refractivity contribution is 8.26. The molecule has 1 aromatic rings. The van der Waals surface area contributed by atoms with Crippen molar-refractivity contribution in [1.29, 1.82) is 0 Å². The van der Waals surface area contributed by atoms with Gasteiger partial charge in [-0.1, -0.05) is 23.2 Å². The lowest BCUT2D eigenvalue weighted by Crippen LogP contribution is -2.07. The molecule has 0 aliphatic carbocycles. The Morgan fingerprint density at radius 3 is 2.43 bits per heavy atom. The van der Waals surface area contributed by atoms with Gasteiger partial charge in [0.2, 0.25) is 5.12 Å². The molecule has 0 fully saturated rings. The molecule has 0 radical (unpaired) electrons. The van der Waals surface area contributed by atoms with Gasteiger partial charge < -0.3 is 5.73 Å². The standard InChI is InChI=1S/C8H5Cl2NO2S/c9-4-1-2-5(6(10)3-4)7(12)14-8(11)13/h1-3H,(H2,11,13). The lowest BCUT2D eigenvalue weighted by Gasteiger charge is -2.00. The molecular formula is C8H5Cl2NO2S. The summed E-state index contributed by atoms with van der Waals surface area (Å²) in [6.07, 6.45) is 0. The van der Waals surface area contributed by atoms with Crippen molar-refractivity contribution in [3.8, 4) is 0 Å². The Bertz CT molecular complexity index is 395. The Kier molecular flexibility index (Phi) is 3.80. The van der Waals surface area contributed by atoms with Crippen LogP contribution in [0.1, 0.15) is 10.4 Å². The van der Waals surface area contributed by atoms with Crippen molar-refractivity contribution in [2.75, 3.05) is 0 Å². The van der Waals surface area contributed by atoms with Gasteiger partial charge in [0.1, 0.15) is 0 Å². The van der Waals surface area contributed by atoms with E-state index in [9.17, 15) is 9.59 Å². The van der Waals surface area contributed by atoms with Gasteiger partial charge in [0.15, 0.2) is 0 Å². The monoisotopic (exact) mass is 249 g/mol. The van der Waals surface area contributed by atoms with Crippen molar-refractivity contribution < 1.29 is 9.59 Å². The number of carbonyl (C=O) groups excluding carboxylic acids is 2. The number of halogens is 2. The first kappa shape index (κ1) is 11.4. The normalized spacial score (nSPS) is 9.86. The van der Waals surface area contributed by atoms with Crippen LogP contribution in [-0.2, 0) is 0 Å². The fraction of sp³-hybridized carbons (Fsp3) is 0. The highest BCUT2D eigenvalue weighted by Gasteiger charge is 2.13. The highest BCUT2D eigenvalue weighted by Crippen LogP contribution is 2.24. The molecule has 0 atom stereocenters. The van der Waals surface area contributed by atoms with Crippen LogP contribution in [0.15, 0.2) is 18.2 Å². The zero-order valence-electron chi connectivity index (χ0n) is 6.79. The van der Waals surface area contributed by atoms with Crippen LogP contribution in [0.4, 0.5) is 4.79 Å². The summed E-state index contributed by atoms with van der Waals surface area (Å²) in [7, 11) is 0. The maximum absolute atomic E-state index is 11.3. The Hall–Kier alpha value is -0.710. The van der Waals surface area contributed by atoms with Gasteiger partial charge in [0, 0.05) is 22.3 Å². The molecule has 0 saturated carbocycles. The van der Waals surface area contributed by atoms with Crippen LogP contribution in [0.5, 0.6) is 0 Å². The summed E-state index contributed by atoms with van der Waals surface area (Å²) >= 11 is 11.8. The van der Waals surface area contributed by atoms with Gasteiger partial charge in [0.05, 0.1) is 5.02 Å². The Morgan fingerprint density at radius 2 is 1.93 bits per heavy atom. The van der Waals surface area contributed by atoms with Crippen molar-refractivity contribution in [3.05, 3.63) is 33.8 Å². The van der Waals surface area contributed by atoms with Crippen LogP contribution >= 0.6 is 35.0 Å². The van der Waals surface area contributed by atoms with E-state index >= 15 is 0 Å². The summed E-state index contributed by atoms with van der Waals surface area (Å²) in [5.41, 5.74) is 5.07. The molecule has 1 aromatic carbocycles. The molecule has 3 nitrogen and oxygen atoms in total. The first-order chi connectivity index (χ1) is 6.50. The molecule has 0 aliphatic rings. The third-order valence-corrected chi connectivity index (χ3v) is 2.50. The number of hydrogen-bond donors (Lipinski definition) is 1. The van der Waals surface area contributed by atoms with E-state index < -0.39 is 10.4 Å². The summed E-state index contributed by atoms with van der Waals surface area (Å²) < 4.78 is 0. The quantitative estimate of drug-likeness (QED) is 0.833. The minimum absolute atomic E-state index is 0.205. The zero-order valence-corrected chi connectivity index (χ0v) is 9.12. The molecule has 0 bridgehead atoms. The molecule has 0 aromatic heterocycles. The second-order valence-electron chi connectivity index (χ2n) is 2.33. The number of hydrogen-bond acceptors (Lipinski definition) is 3. The molecule has 74 valence electrons. The maximum Gasteiger partial charge on any atom is 0.284 e. The van der Waals surface area contributed by atoms with Crippen LogP contribution in [0.2, 0.25) is 10.0 Å². The molecule has 0 heterocycles. The average molecular weight is 250 g/mol. The summed E-state index contributed by atoms with van der Waals surface area (Å²) in [6, 6.07) is 4.39. The zero-order chi connectivity index (χ0) is 10.7. The largest absolute Gasteiger partial charge is 0.360 e. The maximum atomic E-state index is 11.3. The molecule has 0 aliphatic heterocycles. The number of amides is 1. The summed E-state index contributed by atoms with van der Waals surface area (Å²) in [5, 5.41) is -0.618. The van der Waals surface area contributed by atoms with Crippen molar-refractivity contribution in [2.45, 2.75) is 0 Å². The van der Waals surface area contributed by atoms with E-state index in [-0.39, 0.29) is 10.6 Å². The number of rotatable bonds is 1. The molecule has 0 saturated heterocycles. The van der Waals surface area contributed by atoms with Gasteiger partial charge in [-0.15, -0.1) is 0 Å². The number of nitrogens with two attached hydrogens (primary N) is 1. The molecular weight excluding hydrogens is 245 g/mol. The highest BCUT2D eigenvalue weighted by atomic mass is 35.5. The molecule has 6 heteroatoms. The lowest BCUT2D eigenvalue weighted by molar-refractivity contribution is 0.109. The molecule has 14 heavy (non-hydrogen) atoms. The van der Waals surface area contributed by atoms with Crippen LogP contribution in [0.3, 0.4) is 0 Å². The van der Waals surface area contributed by atoms with Gasteiger partial charge in [-0.05, 0) is 18.2 Å². The molecule has 1 amide bonds. The average Bonchev–Trinajstić information content (AvgIpc) is 2.01. The third kappa shape index (κ3) is 2.90. The minimum atomic E-state index is -0.763. The fourth-order valence-corrected chi connectivity index (χ4v) is 1.82. The van der Waals surface area contributed by atoms with Crippen LogP contribution in [-0.4, -0.2) is 10.4 Å². The van der Waals surface area contributed by atoms with E-state index in [1.807, 2.05) is 0 Å². The summed E-state index contributed by atoms with van der Waals surface area (Å²) in [5.74, 6) is 0. The Morgan fingerprint density at radius 1 is 1.29 bits per heavy atom. The minimum Gasteiger partial charge on any atom is -0.360 e. The number of thioether (sulfide) groups is 1. The fourth-order valence-electron chi connectivity index (χ4n) is 0.801. The molecule has 2 N–H and O–H groups in total. The van der Waals surface area contributed by atoms with Crippen LogP contribution < -0.4 is 5.73 Å². The van der Waals surface area contributed by atoms with E-state index in [0.717, 1.165) is 0 Å². The van der Waals surface area contributed by atoms with E-state index in [2.05, 4.69) is 0 Å². The Labute approximate surface area is 94.6 Å². The van der Waals surface area contributed by atoms with Crippen molar-refractivity contribution in [2.24, 2.45) is 5.73 Å². The second-order valence-corrected chi connectivity index (χ2v) is 4.15. The molecule has 1 rings (SSSR count). The van der Waals surface area contributed by atoms with Crippen molar-refractivity contribution >= 4 is 45.3 Å². The van der Waals surface area contributed by atoms with Gasteiger partial charge in [-0.2, -0.15) is 0 Å². The van der Waals surface area contributed by atoms with Crippen molar-refractivity contribution in [3.63, 3.8) is 0 Å². The van der Waals surface area contributed by atoms with E-state index in [1.54, 1.807) is 0 Å². The topological polar surface area (TPSA) is 60.2 Å². The number of carbonyl (C=O) groups is 2. The van der Waals surface area contributed by atoms with Crippen LogP contribution in [0.25, 0.3) is 0 Å². The number of benzene rings is 1. The third-order valence-electron chi connectivity index (χ3n) is 1.34. The Balaban J connectivity index is 2.96. The van der Waals surface area contributed by atoms with Gasteiger partial charge in [-0.3, -0.25) is 9.59 Å². The van der Waals surface area contributed by atoms with Crippen LogP contribution in [0, 0.1) is 0 Å². The van der Waals surface area contributed by atoms with E-state index in [0.29, 0.717) is 16.8 Å². The SMILES string of the molecule is NC(=O)SC(=O)c1ccc(Cl)cc1Cl. The van der Waals surface area contributed by atoms with Gasteiger partial charge in [0.25, 0.3) is 5.24 Å². The van der Waals surface area contributed by atoms with Gasteiger partial charge >= 0.3 is 0 Å². The van der Waals surface area contributed by atoms with E-state index in [4.69, 9.17) is 28.9 Å². The lowest BCUT2D eigenvalue weighted by atomic mass is 10.2. The van der Waals surface area contributed by atoms with Crippen molar-refractivity contribution in [1.82, 2.24) is 0 Å². The smallest absolute Gasteiger partial charge is 0.284 e. The van der Waals surface area contributed by atoms with E-state index in [1.165, 1.54) is 18.2 Å². The number of primary amides is 1. The first-order valence-electron chi connectivity index (χ1n) is 3.47. The summed E-state index contributed by atoms with van der Waals surface area (Å²) in [6.45, 7) is 0. The van der Waals surface area contributed by atoms with Gasteiger partial charge in [-0.25, -0.2) is 0 Å². The molecule has 0 spiro atoms.